The van der Waals surface area contributed by atoms with Crippen molar-refractivity contribution in [1.82, 2.24) is 4.57 Å². The summed E-state index contributed by atoms with van der Waals surface area (Å²) in [7, 11) is 2.50. The van der Waals surface area contributed by atoms with Crippen LogP contribution in [-0.2, 0) is 16.2 Å². The van der Waals surface area contributed by atoms with Crippen LogP contribution in [0.3, 0.4) is 0 Å². The molecule has 1 radical (unpaired) electrons. The van der Waals surface area contributed by atoms with E-state index >= 15 is 0 Å². The predicted octanol–water partition coefficient (Wildman–Crippen LogP) is 16.6. The largest absolute Gasteiger partial charge is 0.355 e. The molecule has 0 amide bonds. The minimum absolute atomic E-state index is 0.0975. The zero-order chi connectivity index (χ0) is 46.9. The van der Waals surface area contributed by atoms with Gasteiger partial charge >= 0.3 is 0 Å². The summed E-state index contributed by atoms with van der Waals surface area (Å²) in [4.78, 5) is 0. The van der Waals surface area contributed by atoms with Gasteiger partial charge in [0.2, 0.25) is 0 Å². The van der Waals surface area contributed by atoms with Gasteiger partial charge in [-0.05, 0) is 164 Å². The van der Waals surface area contributed by atoms with E-state index in [4.69, 9.17) is 0 Å². The van der Waals surface area contributed by atoms with E-state index in [-0.39, 0.29) is 16.2 Å². The quantitative estimate of drug-likeness (QED) is 0.174. The van der Waals surface area contributed by atoms with E-state index in [9.17, 15) is 0 Å². The molecule has 3 aliphatic rings. The molecular formula is C65H54BN2S. The van der Waals surface area contributed by atoms with Crippen LogP contribution in [0.5, 0.6) is 0 Å². The molecule has 11 aromatic rings. The first-order chi connectivity index (χ1) is 33.2. The third-order valence-electron chi connectivity index (χ3n) is 16.8. The molecule has 0 saturated heterocycles. The average Bonchev–Trinajstić information content (AvgIpc) is 3.96. The molecule has 69 heavy (non-hydrogen) atoms. The minimum atomic E-state index is -0.196. The summed E-state index contributed by atoms with van der Waals surface area (Å²) in [6.45, 7) is 19.1. The number of rotatable bonds is 4. The van der Waals surface area contributed by atoms with Gasteiger partial charge in [-0.2, -0.15) is 0 Å². The highest BCUT2D eigenvalue weighted by atomic mass is 32.1. The number of nitrogens with one attached hydrogen (secondary N) is 1. The van der Waals surface area contributed by atoms with E-state index in [2.05, 4.69) is 224 Å². The summed E-state index contributed by atoms with van der Waals surface area (Å²) in [5.41, 5.74) is 24.5. The minimum Gasteiger partial charge on any atom is -0.355 e. The molecule has 1 aliphatic heterocycles. The van der Waals surface area contributed by atoms with Gasteiger partial charge in [0.15, 0.2) is 7.28 Å². The molecule has 2 aromatic heterocycles. The summed E-state index contributed by atoms with van der Waals surface area (Å²) < 4.78 is 5.24. The lowest BCUT2D eigenvalue weighted by molar-refractivity contribution is 0.331. The number of nitrogens with zero attached hydrogens (tertiary/aromatic N) is 1. The van der Waals surface area contributed by atoms with Crippen LogP contribution in [0, 0.1) is 13.8 Å². The van der Waals surface area contributed by atoms with Crippen molar-refractivity contribution in [2.45, 2.75) is 84.5 Å². The Bertz CT molecular complexity index is 4060. The number of anilines is 2. The molecular weight excluding hydrogens is 852 g/mol. The molecule has 1 N–H and O–H groups in total. The van der Waals surface area contributed by atoms with Crippen molar-refractivity contribution in [3.63, 3.8) is 0 Å². The molecule has 0 unspecified atom stereocenters. The van der Waals surface area contributed by atoms with Crippen LogP contribution in [0.2, 0.25) is 0 Å². The first-order valence-corrected chi connectivity index (χ1v) is 25.7. The monoisotopic (exact) mass is 905 g/mol. The molecule has 0 atom stereocenters. The summed E-state index contributed by atoms with van der Waals surface area (Å²) >= 11 is 1.90. The molecule has 3 heterocycles. The SMILES string of the molecule is Cc1ccc(Nc2cc3c(cc2-c2cc(-c4ccc5c(c4)sc4ccccc45)c4c5c6ccccc6ccc5n5c4c2[B]c2cc(C)ccc2-5)-c2cc4c(cc2C3(C)C)C(C)(C)CCC4(C)C)cc1. The number of thiophene rings is 1. The topological polar surface area (TPSA) is 17.0 Å². The Morgan fingerprint density at radius 1 is 0.522 bits per heavy atom. The van der Waals surface area contributed by atoms with E-state index in [1.165, 1.54) is 149 Å². The molecule has 2 nitrogen and oxygen atoms in total. The van der Waals surface area contributed by atoms with Crippen LogP contribution in [0.1, 0.15) is 87.8 Å². The fraction of sp³-hybridized carbons (Fsp3) is 0.200. The molecule has 2 aliphatic carbocycles. The summed E-state index contributed by atoms with van der Waals surface area (Å²) in [6, 6.07) is 58.6. The third-order valence-corrected chi connectivity index (χ3v) is 17.9. The number of hydrogen-bond acceptors (Lipinski definition) is 2. The molecule has 0 spiro atoms. The molecule has 333 valence electrons. The molecule has 0 fully saturated rings. The van der Waals surface area contributed by atoms with Gasteiger partial charge in [-0.1, -0.05) is 149 Å². The maximum atomic E-state index is 4.06. The number of aryl methyl sites for hydroxylation is 2. The van der Waals surface area contributed by atoms with Crippen LogP contribution in [0.15, 0.2) is 152 Å². The van der Waals surface area contributed by atoms with E-state index in [0.29, 0.717) is 0 Å². The predicted molar refractivity (Wildman–Crippen MR) is 299 cm³/mol. The van der Waals surface area contributed by atoms with E-state index in [1.807, 2.05) is 11.3 Å². The third kappa shape index (κ3) is 5.85. The zero-order valence-corrected chi connectivity index (χ0v) is 41.6. The van der Waals surface area contributed by atoms with Gasteiger partial charge in [-0.15, -0.1) is 11.3 Å². The van der Waals surface area contributed by atoms with Gasteiger partial charge < -0.3 is 9.88 Å². The second kappa shape index (κ2) is 14.1. The standard InChI is InChI=1S/C65H54BN2S/c1-36-17-22-40(23-18-36)67-54-35-50-45(46-33-51-52(34-49(46)65(50,7)8)64(5,6)28-27-63(51,3)4)32-47(54)48-31-44(39-20-24-43-42-15-11-12-16-57(42)69-58(43)30-39)60-59-41-14-10-9-13-38(41)21-26-56(59)68-55-25-19-37(2)29-53(55)66-61(48)62(60)68/h9-26,29-35,67H,27-28H2,1-8H3. The van der Waals surface area contributed by atoms with Crippen molar-refractivity contribution in [2.24, 2.45) is 0 Å². The lowest BCUT2D eigenvalue weighted by Gasteiger charge is -2.42. The van der Waals surface area contributed by atoms with Crippen molar-refractivity contribution < 1.29 is 0 Å². The van der Waals surface area contributed by atoms with Crippen LogP contribution < -0.4 is 16.2 Å². The Hall–Kier alpha value is -6.88. The second-order valence-corrected chi connectivity index (χ2v) is 23.5. The van der Waals surface area contributed by atoms with Crippen molar-refractivity contribution in [3.05, 3.63) is 185 Å². The maximum Gasteiger partial charge on any atom is 0.197 e. The van der Waals surface area contributed by atoms with Crippen molar-refractivity contribution in [1.29, 1.82) is 0 Å². The Morgan fingerprint density at radius 3 is 2.01 bits per heavy atom. The fourth-order valence-electron chi connectivity index (χ4n) is 12.8. The first-order valence-electron chi connectivity index (χ1n) is 24.9. The van der Waals surface area contributed by atoms with Gasteiger partial charge in [-0.25, -0.2) is 0 Å². The normalized spacial score (nSPS) is 15.9. The summed E-state index contributed by atoms with van der Waals surface area (Å²) in [6.07, 6.45) is 2.38. The highest BCUT2D eigenvalue weighted by molar-refractivity contribution is 7.25. The lowest BCUT2D eigenvalue weighted by atomic mass is 9.58. The van der Waals surface area contributed by atoms with Crippen molar-refractivity contribution >= 4 is 93.7 Å². The summed E-state index contributed by atoms with van der Waals surface area (Å²) in [5, 5.41) is 11.9. The second-order valence-electron chi connectivity index (χ2n) is 22.4. The highest BCUT2D eigenvalue weighted by Crippen LogP contribution is 2.57. The van der Waals surface area contributed by atoms with E-state index < -0.39 is 0 Å². The molecule has 0 bridgehead atoms. The Kier molecular flexibility index (Phi) is 8.41. The van der Waals surface area contributed by atoms with Gasteiger partial charge in [0, 0.05) is 64.5 Å². The molecule has 4 heteroatoms. The van der Waals surface area contributed by atoms with Crippen LogP contribution in [-0.4, -0.2) is 11.8 Å². The van der Waals surface area contributed by atoms with Gasteiger partial charge in [0.05, 0.1) is 5.52 Å². The van der Waals surface area contributed by atoms with Gasteiger partial charge in [0.25, 0.3) is 0 Å². The smallest absolute Gasteiger partial charge is 0.197 e. The first kappa shape index (κ1) is 41.1. The van der Waals surface area contributed by atoms with Crippen LogP contribution >= 0.6 is 11.3 Å². The summed E-state index contributed by atoms with van der Waals surface area (Å²) in [5.74, 6) is 0. The average molecular weight is 906 g/mol. The number of fused-ring (bicyclic) bond motifs is 14. The Labute approximate surface area is 409 Å². The fourth-order valence-corrected chi connectivity index (χ4v) is 14.0. The van der Waals surface area contributed by atoms with Crippen LogP contribution in [0.25, 0.3) is 91.8 Å². The van der Waals surface area contributed by atoms with E-state index in [1.54, 1.807) is 0 Å². The Balaban J connectivity index is 1.13. The van der Waals surface area contributed by atoms with Crippen LogP contribution in [0.4, 0.5) is 11.4 Å². The Morgan fingerprint density at radius 2 is 1.20 bits per heavy atom. The van der Waals surface area contributed by atoms with Gasteiger partial charge in [0.1, 0.15) is 0 Å². The van der Waals surface area contributed by atoms with Gasteiger partial charge in [-0.3, -0.25) is 0 Å². The molecule has 0 saturated carbocycles. The van der Waals surface area contributed by atoms with E-state index in [0.717, 1.165) is 11.4 Å². The number of aromatic nitrogens is 1. The van der Waals surface area contributed by atoms with Crippen molar-refractivity contribution in [2.75, 3.05) is 5.32 Å². The lowest BCUT2D eigenvalue weighted by Crippen LogP contribution is -2.37. The molecule has 14 rings (SSSR count). The highest BCUT2D eigenvalue weighted by Gasteiger charge is 2.43. The number of benzene rings is 9. The molecule has 9 aromatic carbocycles. The van der Waals surface area contributed by atoms with Crippen molar-refractivity contribution in [3.8, 4) is 39.1 Å². The number of hydrogen-bond donors (Lipinski definition) is 1. The zero-order valence-electron chi connectivity index (χ0n) is 40.8. The maximum absolute atomic E-state index is 4.06.